The molecule has 2 aromatic rings. The Balaban J connectivity index is 1.55. The van der Waals surface area contributed by atoms with Gasteiger partial charge in [0.05, 0.1) is 0 Å². The molecule has 0 aliphatic heterocycles. The quantitative estimate of drug-likeness (QED) is 0.582. The second-order valence-electron chi connectivity index (χ2n) is 8.81. The maximum atomic E-state index is 12.9. The fraction of sp³-hybridized carbons (Fsp3) is 0.458. The molecule has 1 aliphatic rings. The van der Waals surface area contributed by atoms with E-state index in [0.717, 1.165) is 30.6 Å². The van der Waals surface area contributed by atoms with E-state index in [0.29, 0.717) is 11.3 Å². The van der Waals surface area contributed by atoms with Gasteiger partial charge in [-0.25, -0.2) is 9.78 Å². The molecule has 2 N–H and O–H groups in total. The molecule has 0 radical (unpaired) electrons. The monoisotopic (exact) mass is 457 g/mol. The van der Waals surface area contributed by atoms with Gasteiger partial charge >= 0.3 is 6.09 Å². The van der Waals surface area contributed by atoms with E-state index in [-0.39, 0.29) is 23.9 Å². The van der Waals surface area contributed by atoms with E-state index in [4.69, 9.17) is 9.47 Å². The summed E-state index contributed by atoms with van der Waals surface area (Å²) in [6.45, 7) is 5.53. The molecule has 1 aromatic heterocycles. The summed E-state index contributed by atoms with van der Waals surface area (Å²) in [7, 11) is 0. The molecule has 0 unspecified atom stereocenters. The molecule has 172 valence electrons. The average Bonchev–Trinajstić information content (AvgIpc) is 2.74. The molecular weight excluding hydrogens is 426 g/mol. The average molecular weight is 458 g/mol. The second-order valence-corrected chi connectivity index (χ2v) is 9.69. The normalized spacial score (nSPS) is 18.5. The Bertz CT molecular complexity index is 937. The number of benzene rings is 1. The van der Waals surface area contributed by atoms with Crippen LogP contribution in [0.25, 0.3) is 0 Å². The van der Waals surface area contributed by atoms with Crippen LogP contribution in [0.4, 0.5) is 4.79 Å². The minimum absolute atomic E-state index is 0.0343. The van der Waals surface area contributed by atoms with Gasteiger partial charge in [-0.3, -0.25) is 4.79 Å². The molecule has 1 aromatic carbocycles. The highest BCUT2D eigenvalue weighted by Crippen LogP contribution is 2.27. The lowest BCUT2D eigenvalue weighted by Gasteiger charge is -2.30. The maximum Gasteiger partial charge on any atom is 0.407 e. The van der Waals surface area contributed by atoms with Gasteiger partial charge in [0.2, 0.25) is 5.88 Å². The number of pyridine rings is 1. The first-order valence-electron chi connectivity index (χ1n) is 10.8. The highest BCUT2D eigenvalue weighted by molar-refractivity contribution is 7.98. The van der Waals surface area contributed by atoms with Crippen LogP contribution in [-0.2, 0) is 4.74 Å². The topological polar surface area (TPSA) is 89.5 Å². The van der Waals surface area contributed by atoms with Gasteiger partial charge < -0.3 is 20.1 Å². The van der Waals surface area contributed by atoms with E-state index in [1.807, 2.05) is 51.3 Å². The Morgan fingerprint density at radius 3 is 2.38 bits per heavy atom. The van der Waals surface area contributed by atoms with E-state index in [2.05, 4.69) is 15.6 Å². The van der Waals surface area contributed by atoms with Gasteiger partial charge in [-0.1, -0.05) is 6.07 Å². The summed E-state index contributed by atoms with van der Waals surface area (Å²) in [5.74, 6) is 0.708. The highest BCUT2D eigenvalue weighted by Gasteiger charge is 2.26. The van der Waals surface area contributed by atoms with Gasteiger partial charge in [-0.2, -0.15) is 0 Å². The summed E-state index contributed by atoms with van der Waals surface area (Å²) in [4.78, 5) is 30.2. The number of hydrogen-bond acceptors (Lipinski definition) is 6. The molecule has 0 bridgehead atoms. The van der Waals surface area contributed by atoms with Crippen LogP contribution in [0.3, 0.4) is 0 Å². The highest BCUT2D eigenvalue weighted by atomic mass is 32.2. The van der Waals surface area contributed by atoms with Crippen LogP contribution in [0, 0.1) is 0 Å². The molecule has 3 rings (SSSR count). The number of carbonyl (C=O) groups excluding carboxylic acids is 2. The number of amides is 2. The van der Waals surface area contributed by atoms with Gasteiger partial charge in [0.15, 0.2) is 0 Å². The number of alkyl carbamates (subject to hydrolysis) is 1. The molecule has 32 heavy (non-hydrogen) atoms. The lowest BCUT2D eigenvalue weighted by atomic mass is 9.91. The van der Waals surface area contributed by atoms with Gasteiger partial charge in [-0.05, 0) is 83.0 Å². The van der Waals surface area contributed by atoms with Crippen LogP contribution in [0.5, 0.6) is 11.6 Å². The van der Waals surface area contributed by atoms with E-state index >= 15 is 0 Å². The molecule has 0 atom stereocenters. The molecule has 1 aliphatic carbocycles. The Hall–Kier alpha value is -2.74. The minimum Gasteiger partial charge on any atom is -0.444 e. The Labute approximate surface area is 193 Å². The summed E-state index contributed by atoms with van der Waals surface area (Å²) in [5, 5.41) is 6.01. The van der Waals surface area contributed by atoms with Crippen molar-refractivity contribution >= 4 is 23.8 Å². The van der Waals surface area contributed by atoms with Gasteiger partial charge in [-0.15, -0.1) is 11.8 Å². The van der Waals surface area contributed by atoms with Crippen molar-refractivity contribution < 1.29 is 19.1 Å². The predicted molar refractivity (Wildman–Crippen MR) is 125 cm³/mol. The van der Waals surface area contributed by atoms with Crippen molar-refractivity contribution in [2.45, 2.75) is 69.0 Å². The molecule has 0 saturated heterocycles. The number of hydrogen-bond donors (Lipinski definition) is 2. The standard InChI is InChI=1S/C24H31N3O4S/c1-24(2,3)31-23(29)27-17-12-10-16(11-13-17)26-21(28)20-9-6-14-25-22(20)30-18-7-5-8-19(15-18)32-4/h5-9,14-17H,10-13H2,1-4H3,(H,26,28)(H,27,29)/t16-,17+. The third kappa shape index (κ3) is 7.15. The zero-order chi connectivity index (χ0) is 23.1. The van der Waals surface area contributed by atoms with Gasteiger partial charge in [0.1, 0.15) is 16.9 Å². The Kier molecular flexibility index (Phi) is 8.01. The Morgan fingerprint density at radius 1 is 1.03 bits per heavy atom. The predicted octanol–water partition coefficient (Wildman–Crippen LogP) is 5.16. The number of aromatic nitrogens is 1. The van der Waals surface area contributed by atoms with Crippen molar-refractivity contribution in [3.8, 4) is 11.6 Å². The lowest BCUT2D eigenvalue weighted by molar-refractivity contribution is 0.0488. The van der Waals surface area contributed by atoms with Crippen LogP contribution in [-0.4, -0.2) is 40.9 Å². The van der Waals surface area contributed by atoms with E-state index in [9.17, 15) is 9.59 Å². The molecule has 8 heteroatoms. The maximum absolute atomic E-state index is 12.9. The van der Waals surface area contributed by atoms with Crippen LogP contribution in [0.2, 0.25) is 0 Å². The second kappa shape index (κ2) is 10.7. The number of ether oxygens (including phenoxy) is 2. The third-order valence-corrected chi connectivity index (χ3v) is 5.78. The van der Waals surface area contributed by atoms with Crippen molar-refractivity contribution in [2.24, 2.45) is 0 Å². The van der Waals surface area contributed by atoms with Crippen LogP contribution >= 0.6 is 11.8 Å². The number of carbonyl (C=O) groups is 2. The summed E-state index contributed by atoms with van der Waals surface area (Å²) in [6, 6.07) is 11.2. The van der Waals surface area contributed by atoms with Crippen LogP contribution < -0.4 is 15.4 Å². The van der Waals surface area contributed by atoms with Gasteiger partial charge in [0, 0.05) is 23.2 Å². The molecule has 7 nitrogen and oxygen atoms in total. The summed E-state index contributed by atoms with van der Waals surface area (Å²) < 4.78 is 11.2. The SMILES string of the molecule is CSc1cccc(Oc2ncccc2C(=O)N[C@H]2CC[C@@H](NC(=O)OC(C)(C)C)CC2)c1. The fourth-order valence-corrected chi connectivity index (χ4v) is 3.99. The summed E-state index contributed by atoms with van der Waals surface area (Å²) in [5.41, 5.74) is -0.119. The number of rotatable bonds is 6. The van der Waals surface area contributed by atoms with Crippen molar-refractivity contribution in [2.75, 3.05) is 6.26 Å². The first-order chi connectivity index (χ1) is 15.2. The fourth-order valence-electron chi connectivity index (χ4n) is 3.54. The van der Waals surface area contributed by atoms with Crippen LogP contribution in [0.1, 0.15) is 56.8 Å². The first-order valence-corrected chi connectivity index (χ1v) is 12.0. The zero-order valence-corrected chi connectivity index (χ0v) is 19.8. The van der Waals surface area contributed by atoms with Gasteiger partial charge in [0.25, 0.3) is 5.91 Å². The Morgan fingerprint density at radius 2 is 1.72 bits per heavy atom. The largest absolute Gasteiger partial charge is 0.444 e. The number of thioether (sulfide) groups is 1. The lowest BCUT2D eigenvalue weighted by Crippen LogP contribution is -2.45. The van der Waals surface area contributed by atoms with Crippen molar-refractivity contribution in [1.82, 2.24) is 15.6 Å². The molecule has 1 saturated carbocycles. The van der Waals surface area contributed by atoms with E-state index < -0.39 is 11.7 Å². The molecule has 0 spiro atoms. The van der Waals surface area contributed by atoms with Crippen molar-refractivity contribution in [3.63, 3.8) is 0 Å². The first kappa shape index (κ1) is 23.9. The zero-order valence-electron chi connectivity index (χ0n) is 19.0. The number of nitrogens with one attached hydrogen (secondary N) is 2. The smallest absolute Gasteiger partial charge is 0.407 e. The number of nitrogens with zero attached hydrogens (tertiary/aromatic N) is 1. The van der Waals surface area contributed by atoms with Crippen molar-refractivity contribution in [3.05, 3.63) is 48.2 Å². The van der Waals surface area contributed by atoms with E-state index in [1.54, 1.807) is 30.1 Å². The van der Waals surface area contributed by atoms with Crippen molar-refractivity contribution in [1.29, 1.82) is 0 Å². The molecule has 1 heterocycles. The summed E-state index contributed by atoms with van der Waals surface area (Å²) in [6.07, 6.45) is 6.32. The van der Waals surface area contributed by atoms with E-state index in [1.165, 1.54) is 0 Å². The third-order valence-electron chi connectivity index (χ3n) is 5.05. The molecular formula is C24H31N3O4S. The van der Waals surface area contributed by atoms with Crippen LogP contribution in [0.15, 0.2) is 47.5 Å². The summed E-state index contributed by atoms with van der Waals surface area (Å²) >= 11 is 1.62. The molecule has 1 fully saturated rings. The molecule has 2 amide bonds. The minimum atomic E-state index is -0.518.